The molecule has 0 radical (unpaired) electrons. The number of rotatable bonds is 5. The van der Waals surface area contributed by atoms with Gasteiger partial charge in [0.25, 0.3) is 11.8 Å². The van der Waals surface area contributed by atoms with Crippen molar-refractivity contribution < 1.29 is 9.59 Å². The summed E-state index contributed by atoms with van der Waals surface area (Å²) >= 11 is 3.34. The molecule has 0 saturated carbocycles. The van der Waals surface area contributed by atoms with Gasteiger partial charge in [0.15, 0.2) is 0 Å². The third kappa shape index (κ3) is 4.20. The van der Waals surface area contributed by atoms with E-state index in [1.807, 2.05) is 26.0 Å². The van der Waals surface area contributed by atoms with Crippen molar-refractivity contribution in [3.8, 4) is 0 Å². The Hall–Kier alpha value is -2.14. The van der Waals surface area contributed by atoms with Crippen LogP contribution in [0.25, 0.3) is 0 Å². The number of carbonyl (C=O) groups is 2. The molecule has 120 valence electrons. The summed E-state index contributed by atoms with van der Waals surface area (Å²) in [4.78, 5) is 26.6. The number of nitrogens with zero attached hydrogens (tertiary/aromatic N) is 1. The number of hydrogen-bond donors (Lipinski definition) is 1. The van der Waals surface area contributed by atoms with E-state index in [0.29, 0.717) is 29.9 Å². The van der Waals surface area contributed by atoms with Crippen LogP contribution < -0.4 is 5.32 Å². The molecule has 2 amide bonds. The summed E-state index contributed by atoms with van der Waals surface area (Å²) in [6.07, 6.45) is 0. The van der Waals surface area contributed by atoms with Crippen LogP contribution in [-0.4, -0.2) is 29.8 Å². The van der Waals surface area contributed by atoms with E-state index in [0.717, 1.165) is 4.47 Å². The first-order valence-electron chi connectivity index (χ1n) is 7.52. The number of anilines is 1. The molecular weight excluding hydrogens is 356 g/mol. The average Bonchev–Trinajstić information content (AvgIpc) is 2.57. The van der Waals surface area contributed by atoms with Crippen molar-refractivity contribution in [2.45, 2.75) is 13.8 Å². The highest BCUT2D eigenvalue weighted by molar-refractivity contribution is 9.10. The van der Waals surface area contributed by atoms with Gasteiger partial charge >= 0.3 is 0 Å². The molecule has 2 rings (SSSR count). The molecule has 0 aliphatic rings. The lowest BCUT2D eigenvalue weighted by Gasteiger charge is -2.20. The Labute approximate surface area is 144 Å². The summed E-state index contributed by atoms with van der Waals surface area (Å²) in [5.74, 6) is -0.320. The van der Waals surface area contributed by atoms with Crippen molar-refractivity contribution in [1.82, 2.24) is 4.90 Å². The van der Waals surface area contributed by atoms with Gasteiger partial charge in [0.2, 0.25) is 0 Å². The molecule has 0 atom stereocenters. The SMILES string of the molecule is CCN(CC)C(=O)c1ccccc1NC(=O)c1ccc(Br)cc1. The van der Waals surface area contributed by atoms with E-state index in [1.54, 1.807) is 41.3 Å². The maximum Gasteiger partial charge on any atom is 0.255 e. The fourth-order valence-corrected chi connectivity index (χ4v) is 2.52. The van der Waals surface area contributed by atoms with Gasteiger partial charge in [-0.05, 0) is 50.2 Å². The van der Waals surface area contributed by atoms with Gasteiger partial charge in [-0.3, -0.25) is 9.59 Å². The van der Waals surface area contributed by atoms with Gasteiger partial charge in [0.1, 0.15) is 0 Å². The summed E-state index contributed by atoms with van der Waals surface area (Å²) < 4.78 is 0.908. The Morgan fingerprint density at radius 2 is 1.61 bits per heavy atom. The van der Waals surface area contributed by atoms with Gasteiger partial charge in [-0.2, -0.15) is 0 Å². The first-order valence-corrected chi connectivity index (χ1v) is 8.31. The number of benzene rings is 2. The van der Waals surface area contributed by atoms with Crippen molar-refractivity contribution in [3.05, 3.63) is 64.1 Å². The van der Waals surface area contributed by atoms with Gasteiger partial charge < -0.3 is 10.2 Å². The van der Waals surface area contributed by atoms with Crippen LogP contribution in [0.1, 0.15) is 34.6 Å². The third-order valence-corrected chi connectivity index (χ3v) is 4.09. The second kappa shape index (κ2) is 7.92. The molecule has 5 heteroatoms. The van der Waals surface area contributed by atoms with Crippen LogP contribution in [0.15, 0.2) is 53.0 Å². The molecule has 23 heavy (non-hydrogen) atoms. The fourth-order valence-electron chi connectivity index (χ4n) is 2.26. The molecule has 4 nitrogen and oxygen atoms in total. The number of hydrogen-bond acceptors (Lipinski definition) is 2. The van der Waals surface area contributed by atoms with Crippen molar-refractivity contribution in [2.75, 3.05) is 18.4 Å². The predicted molar refractivity (Wildman–Crippen MR) is 95.8 cm³/mol. The first-order chi connectivity index (χ1) is 11.1. The molecule has 0 spiro atoms. The summed E-state index contributed by atoms with van der Waals surface area (Å²) in [6, 6.07) is 14.2. The Kier molecular flexibility index (Phi) is 5.93. The highest BCUT2D eigenvalue weighted by Gasteiger charge is 2.17. The van der Waals surface area contributed by atoms with Gasteiger partial charge in [0.05, 0.1) is 11.3 Å². The Bertz CT molecular complexity index is 694. The minimum atomic E-state index is -0.239. The Morgan fingerprint density at radius 1 is 1.00 bits per heavy atom. The van der Waals surface area contributed by atoms with Crippen molar-refractivity contribution in [3.63, 3.8) is 0 Å². The fraction of sp³-hybridized carbons (Fsp3) is 0.222. The maximum absolute atomic E-state index is 12.6. The molecule has 2 aromatic carbocycles. The average molecular weight is 375 g/mol. The van der Waals surface area contributed by atoms with E-state index >= 15 is 0 Å². The number of para-hydroxylation sites is 1. The number of carbonyl (C=O) groups excluding carboxylic acids is 2. The van der Waals surface area contributed by atoms with Crippen LogP contribution in [0.2, 0.25) is 0 Å². The van der Waals surface area contributed by atoms with Gasteiger partial charge in [-0.25, -0.2) is 0 Å². The molecule has 0 saturated heterocycles. The van der Waals surface area contributed by atoms with Crippen LogP contribution >= 0.6 is 15.9 Å². The molecule has 0 heterocycles. The molecule has 0 unspecified atom stereocenters. The van der Waals surface area contributed by atoms with Crippen LogP contribution in [0.5, 0.6) is 0 Å². The highest BCUT2D eigenvalue weighted by Crippen LogP contribution is 2.19. The Balaban J connectivity index is 2.25. The number of nitrogens with one attached hydrogen (secondary N) is 1. The molecular formula is C18H19BrN2O2. The third-order valence-electron chi connectivity index (χ3n) is 3.56. The highest BCUT2D eigenvalue weighted by atomic mass is 79.9. The summed E-state index contributed by atoms with van der Waals surface area (Å²) in [7, 11) is 0. The second-order valence-electron chi connectivity index (χ2n) is 4.98. The largest absolute Gasteiger partial charge is 0.339 e. The van der Waals surface area contributed by atoms with Crippen LogP contribution in [0.3, 0.4) is 0 Å². The lowest BCUT2D eigenvalue weighted by molar-refractivity contribution is 0.0774. The van der Waals surface area contributed by atoms with E-state index in [-0.39, 0.29) is 11.8 Å². The molecule has 0 aromatic heterocycles. The molecule has 2 aromatic rings. The van der Waals surface area contributed by atoms with Crippen LogP contribution in [0.4, 0.5) is 5.69 Å². The zero-order valence-corrected chi connectivity index (χ0v) is 14.8. The quantitative estimate of drug-likeness (QED) is 0.852. The van der Waals surface area contributed by atoms with Gasteiger partial charge in [0, 0.05) is 23.1 Å². The van der Waals surface area contributed by atoms with E-state index in [2.05, 4.69) is 21.2 Å². The van der Waals surface area contributed by atoms with Crippen molar-refractivity contribution in [2.24, 2.45) is 0 Å². The molecule has 0 bridgehead atoms. The number of amides is 2. The monoisotopic (exact) mass is 374 g/mol. The van der Waals surface area contributed by atoms with E-state index in [4.69, 9.17) is 0 Å². The first kappa shape index (κ1) is 17.2. The topological polar surface area (TPSA) is 49.4 Å². The molecule has 0 aliphatic heterocycles. The predicted octanol–water partition coefficient (Wildman–Crippen LogP) is 4.18. The normalized spacial score (nSPS) is 10.2. The van der Waals surface area contributed by atoms with Gasteiger partial charge in [-0.1, -0.05) is 28.1 Å². The van der Waals surface area contributed by atoms with E-state index in [1.165, 1.54) is 0 Å². The lowest BCUT2D eigenvalue weighted by atomic mass is 10.1. The van der Waals surface area contributed by atoms with E-state index < -0.39 is 0 Å². The molecule has 0 fully saturated rings. The van der Waals surface area contributed by atoms with Crippen LogP contribution in [0, 0.1) is 0 Å². The second-order valence-corrected chi connectivity index (χ2v) is 5.90. The lowest BCUT2D eigenvalue weighted by Crippen LogP contribution is -2.31. The molecule has 0 aliphatic carbocycles. The van der Waals surface area contributed by atoms with Crippen LogP contribution in [-0.2, 0) is 0 Å². The van der Waals surface area contributed by atoms with Gasteiger partial charge in [-0.15, -0.1) is 0 Å². The summed E-state index contributed by atoms with van der Waals surface area (Å²) in [5.41, 5.74) is 1.57. The van der Waals surface area contributed by atoms with Crippen molar-refractivity contribution in [1.29, 1.82) is 0 Å². The molecule has 1 N–H and O–H groups in total. The zero-order valence-electron chi connectivity index (χ0n) is 13.2. The standard InChI is InChI=1S/C18H19BrN2O2/c1-3-21(4-2)18(23)15-7-5-6-8-16(15)20-17(22)13-9-11-14(19)12-10-13/h5-12H,3-4H2,1-2H3,(H,20,22). The summed E-state index contributed by atoms with van der Waals surface area (Å²) in [5, 5.41) is 2.83. The zero-order chi connectivity index (χ0) is 16.8. The minimum Gasteiger partial charge on any atom is -0.339 e. The minimum absolute atomic E-state index is 0.0818. The van der Waals surface area contributed by atoms with Crippen molar-refractivity contribution >= 4 is 33.4 Å². The smallest absolute Gasteiger partial charge is 0.255 e. The Morgan fingerprint density at radius 3 is 2.22 bits per heavy atom. The summed E-state index contributed by atoms with van der Waals surface area (Å²) in [6.45, 7) is 5.13. The number of halogens is 1. The maximum atomic E-state index is 12.6. The van der Waals surface area contributed by atoms with E-state index in [9.17, 15) is 9.59 Å².